The summed E-state index contributed by atoms with van der Waals surface area (Å²) in [5.41, 5.74) is 0.380. The Morgan fingerprint density at radius 2 is 2.24 bits per heavy atom. The lowest BCUT2D eigenvalue weighted by Gasteiger charge is -2.27. The minimum Gasteiger partial charge on any atom is -0.352 e. The fraction of sp³-hybridized carbons (Fsp3) is 0.364. The van der Waals surface area contributed by atoms with E-state index in [2.05, 4.69) is 10.6 Å². The fourth-order valence-corrected chi connectivity index (χ4v) is 1.80. The molecule has 1 heterocycles. The molecule has 1 saturated heterocycles. The molecule has 0 spiro atoms. The lowest BCUT2D eigenvalue weighted by atomic mass is 10.0. The first kappa shape index (κ1) is 14.7. The zero-order valence-corrected chi connectivity index (χ0v) is 12.0. The summed E-state index contributed by atoms with van der Waals surface area (Å²) in [7, 11) is 0. The standard InChI is InChI=1S/C11H12FIN2O.ClH/c12-9-3-8(1-2-10(9)13)11(16)15-6-7-4-14-5-7;/h1-3,7,14H,4-6H2,(H,15,16);1H. The van der Waals surface area contributed by atoms with Gasteiger partial charge in [-0.2, -0.15) is 0 Å². The Hall–Kier alpha value is -0.400. The minimum absolute atomic E-state index is 0. The van der Waals surface area contributed by atoms with Crippen LogP contribution in [0, 0.1) is 15.3 Å². The largest absolute Gasteiger partial charge is 0.352 e. The molecule has 0 radical (unpaired) electrons. The van der Waals surface area contributed by atoms with Crippen LogP contribution in [-0.2, 0) is 0 Å². The topological polar surface area (TPSA) is 41.1 Å². The molecule has 0 atom stereocenters. The van der Waals surface area contributed by atoms with Crippen LogP contribution < -0.4 is 10.6 Å². The van der Waals surface area contributed by atoms with E-state index in [-0.39, 0.29) is 24.1 Å². The highest BCUT2D eigenvalue weighted by Gasteiger charge is 2.17. The normalized spacial score (nSPS) is 14.7. The maximum Gasteiger partial charge on any atom is 0.251 e. The van der Waals surface area contributed by atoms with Crippen molar-refractivity contribution in [2.75, 3.05) is 19.6 Å². The lowest BCUT2D eigenvalue weighted by Crippen LogP contribution is -2.48. The van der Waals surface area contributed by atoms with Gasteiger partial charge in [-0.25, -0.2) is 4.39 Å². The Morgan fingerprint density at radius 1 is 1.53 bits per heavy atom. The number of hydrogen-bond acceptors (Lipinski definition) is 2. The highest BCUT2D eigenvalue weighted by molar-refractivity contribution is 14.1. The average molecular weight is 371 g/mol. The molecule has 2 rings (SSSR count). The van der Waals surface area contributed by atoms with Crippen molar-refractivity contribution >= 4 is 40.9 Å². The molecule has 17 heavy (non-hydrogen) atoms. The molecular formula is C11H13ClFIN2O. The zero-order chi connectivity index (χ0) is 11.5. The van der Waals surface area contributed by atoms with Crippen LogP contribution in [0.2, 0.25) is 0 Å². The van der Waals surface area contributed by atoms with Crippen LogP contribution in [0.15, 0.2) is 18.2 Å². The van der Waals surface area contributed by atoms with E-state index < -0.39 is 0 Å². The highest BCUT2D eigenvalue weighted by Crippen LogP contribution is 2.12. The molecule has 0 saturated carbocycles. The lowest BCUT2D eigenvalue weighted by molar-refractivity contribution is 0.0941. The van der Waals surface area contributed by atoms with Crippen LogP contribution in [0.25, 0.3) is 0 Å². The molecule has 6 heteroatoms. The summed E-state index contributed by atoms with van der Waals surface area (Å²) < 4.78 is 13.7. The number of hydrogen-bond donors (Lipinski definition) is 2. The van der Waals surface area contributed by atoms with Gasteiger partial charge in [-0.1, -0.05) is 0 Å². The Labute approximate surface area is 119 Å². The monoisotopic (exact) mass is 370 g/mol. The second-order valence-electron chi connectivity index (χ2n) is 3.86. The predicted molar refractivity (Wildman–Crippen MR) is 75.1 cm³/mol. The molecule has 1 aromatic rings. The third kappa shape index (κ3) is 3.79. The molecule has 3 nitrogen and oxygen atoms in total. The first-order valence-electron chi connectivity index (χ1n) is 5.11. The van der Waals surface area contributed by atoms with E-state index in [1.165, 1.54) is 6.07 Å². The Kier molecular flexibility index (Phi) is 5.61. The van der Waals surface area contributed by atoms with Gasteiger partial charge in [0.2, 0.25) is 0 Å². The Bertz CT molecular complexity index is 412. The van der Waals surface area contributed by atoms with Crippen molar-refractivity contribution in [1.82, 2.24) is 10.6 Å². The molecule has 2 N–H and O–H groups in total. The summed E-state index contributed by atoms with van der Waals surface area (Å²) in [6.45, 7) is 2.54. The van der Waals surface area contributed by atoms with Gasteiger partial charge in [0.25, 0.3) is 5.91 Å². The molecule has 1 fully saturated rings. The first-order valence-corrected chi connectivity index (χ1v) is 6.18. The van der Waals surface area contributed by atoms with Crippen LogP contribution in [0.3, 0.4) is 0 Å². The van der Waals surface area contributed by atoms with Crippen molar-refractivity contribution < 1.29 is 9.18 Å². The second-order valence-corrected chi connectivity index (χ2v) is 5.03. The third-order valence-corrected chi connectivity index (χ3v) is 3.47. The molecule has 94 valence electrons. The second kappa shape index (κ2) is 6.51. The van der Waals surface area contributed by atoms with Crippen molar-refractivity contribution in [2.45, 2.75) is 0 Å². The fourth-order valence-electron chi connectivity index (χ4n) is 1.47. The Morgan fingerprint density at radius 3 is 2.76 bits per heavy atom. The maximum absolute atomic E-state index is 13.2. The predicted octanol–water partition coefficient (Wildman–Crippen LogP) is 1.80. The molecule has 0 aromatic heterocycles. The van der Waals surface area contributed by atoms with Crippen LogP contribution in [0.5, 0.6) is 0 Å². The molecule has 0 unspecified atom stereocenters. The number of benzene rings is 1. The van der Waals surface area contributed by atoms with Crippen molar-refractivity contribution in [1.29, 1.82) is 0 Å². The summed E-state index contributed by atoms with van der Waals surface area (Å²) in [5.74, 6) is -0.0431. The molecule has 1 aliphatic rings. The van der Waals surface area contributed by atoms with Crippen LogP contribution in [0.1, 0.15) is 10.4 Å². The molecule has 0 aliphatic carbocycles. The number of carbonyl (C=O) groups is 1. The van der Waals surface area contributed by atoms with E-state index in [0.29, 0.717) is 21.6 Å². The third-order valence-electron chi connectivity index (χ3n) is 2.60. The van der Waals surface area contributed by atoms with E-state index in [1.807, 2.05) is 22.6 Å². The molecule has 1 amide bonds. The van der Waals surface area contributed by atoms with Crippen LogP contribution in [0.4, 0.5) is 4.39 Å². The molecule has 1 aromatic carbocycles. The van der Waals surface area contributed by atoms with E-state index in [0.717, 1.165) is 13.1 Å². The number of halogens is 3. The van der Waals surface area contributed by atoms with Gasteiger partial charge < -0.3 is 10.6 Å². The molecule has 0 bridgehead atoms. The summed E-state index contributed by atoms with van der Waals surface area (Å²) in [6.07, 6.45) is 0. The van der Waals surface area contributed by atoms with Crippen molar-refractivity contribution in [3.8, 4) is 0 Å². The van der Waals surface area contributed by atoms with E-state index in [4.69, 9.17) is 0 Å². The number of rotatable bonds is 3. The van der Waals surface area contributed by atoms with Crippen molar-refractivity contribution in [3.05, 3.63) is 33.1 Å². The maximum atomic E-state index is 13.2. The quantitative estimate of drug-likeness (QED) is 0.797. The molecular weight excluding hydrogens is 357 g/mol. The first-order chi connectivity index (χ1) is 7.66. The highest BCUT2D eigenvalue weighted by atomic mass is 127. The van der Waals surface area contributed by atoms with Gasteiger partial charge in [0.1, 0.15) is 5.82 Å². The number of carbonyl (C=O) groups excluding carboxylic acids is 1. The summed E-state index contributed by atoms with van der Waals surface area (Å²) >= 11 is 1.90. The minimum atomic E-state index is -0.349. The smallest absolute Gasteiger partial charge is 0.251 e. The van der Waals surface area contributed by atoms with Crippen molar-refractivity contribution in [3.63, 3.8) is 0 Å². The van der Waals surface area contributed by atoms with Crippen LogP contribution in [-0.4, -0.2) is 25.5 Å². The van der Waals surface area contributed by atoms with E-state index in [1.54, 1.807) is 12.1 Å². The van der Waals surface area contributed by atoms with Crippen LogP contribution >= 0.6 is 35.0 Å². The van der Waals surface area contributed by atoms with E-state index in [9.17, 15) is 9.18 Å². The Balaban J connectivity index is 0.00000144. The SMILES string of the molecule is Cl.O=C(NCC1CNC1)c1ccc(I)c(F)c1. The summed E-state index contributed by atoms with van der Waals surface area (Å²) in [5, 5.41) is 5.93. The van der Waals surface area contributed by atoms with Gasteiger partial charge >= 0.3 is 0 Å². The van der Waals surface area contributed by atoms with Gasteiger partial charge in [-0.3, -0.25) is 4.79 Å². The van der Waals surface area contributed by atoms with Gasteiger partial charge in [0, 0.05) is 34.7 Å². The van der Waals surface area contributed by atoms with Gasteiger partial charge in [-0.15, -0.1) is 12.4 Å². The zero-order valence-electron chi connectivity index (χ0n) is 9.00. The molecule has 1 aliphatic heterocycles. The summed E-state index contributed by atoms with van der Waals surface area (Å²) in [6, 6.07) is 4.52. The van der Waals surface area contributed by atoms with E-state index >= 15 is 0 Å². The van der Waals surface area contributed by atoms with Gasteiger partial charge in [-0.05, 0) is 40.8 Å². The number of nitrogens with one attached hydrogen (secondary N) is 2. The van der Waals surface area contributed by atoms with Crippen molar-refractivity contribution in [2.24, 2.45) is 5.92 Å². The number of amides is 1. The average Bonchev–Trinajstić information content (AvgIpc) is 2.19. The van der Waals surface area contributed by atoms with Gasteiger partial charge in [0.15, 0.2) is 0 Å². The van der Waals surface area contributed by atoms with Gasteiger partial charge in [0.05, 0.1) is 0 Å². The summed E-state index contributed by atoms with van der Waals surface area (Å²) in [4.78, 5) is 11.7.